The van der Waals surface area contributed by atoms with E-state index in [1.54, 1.807) is 48.9 Å². The fraction of sp³-hybridized carbons (Fsp3) is 0.375. The summed E-state index contributed by atoms with van der Waals surface area (Å²) in [6.45, 7) is 8.28. The number of aliphatic hydroxyl groups is 1. The van der Waals surface area contributed by atoms with Crippen molar-refractivity contribution in [2.75, 3.05) is 13.2 Å². The first-order chi connectivity index (χ1) is 20.4. The summed E-state index contributed by atoms with van der Waals surface area (Å²) in [5, 5.41) is 8.88. The van der Waals surface area contributed by atoms with Crippen LogP contribution in [0.15, 0.2) is 104 Å². The summed E-state index contributed by atoms with van der Waals surface area (Å²) in [6, 6.07) is 20.6. The lowest BCUT2D eigenvalue weighted by Crippen LogP contribution is -2.16. The van der Waals surface area contributed by atoms with Gasteiger partial charge in [-0.3, -0.25) is 4.18 Å². The van der Waals surface area contributed by atoms with Gasteiger partial charge in [-0.25, -0.2) is 8.42 Å². The Morgan fingerprint density at radius 2 is 1.16 bits per heavy atom. The zero-order valence-corrected chi connectivity index (χ0v) is 27.4. The van der Waals surface area contributed by atoms with Crippen LogP contribution in [0.5, 0.6) is 0 Å². The molecule has 236 valence electrons. The largest absolute Gasteiger partial charge is 0.469 e. The molecule has 4 aromatic rings. The van der Waals surface area contributed by atoms with Crippen molar-refractivity contribution >= 4 is 29.9 Å². The number of halogens is 1. The summed E-state index contributed by atoms with van der Waals surface area (Å²) in [5.41, 5.74) is 2.02. The predicted molar refractivity (Wildman–Crippen MR) is 168 cm³/mol. The Morgan fingerprint density at radius 1 is 0.721 bits per heavy atom. The zero-order valence-electron chi connectivity index (χ0n) is 25.0. The van der Waals surface area contributed by atoms with Gasteiger partial charge in [-0.1, -0.05) is 62.1 Å². The number of hydrogen-bond donors (Lipinski definition) is 1. The standard InChI is InChI=1S/C16H20O4S.C9H14O2.C7H7ClO2S/c1-3-14(11-15-5-4-10-19-15)12-20-21(17,18)16-8-6-13(2)7-9-16;1-2-8(7-10)6-9-4-3-5-11-9;1-6-2-4-7(5-3-6)11(8,9)10/h4-10,14H,3,11-12H2,1-2H3;3-5,8,10H,2,6-7H2,1H3;2-5H,1H3. The molecule has 2 aromatic heterocycles. The van der Waals surface area contributed by atoms with Crippen LogP contribution < -0.4 is 0 Å². The van der Waals surface area contributed by atoms with Crippen molar-refractivity contribution in [3.63, 3.8) is 0 Å². The summed E-state index contributed by atoms with van der Waals surface area (Å²) >= 11 is 0. The molecule has 0 amide bonds. The molecule has 0 fully saturated rings. The third kappa shape index (κ3) is 13.5. The minimum atomic E-state index is -3.69. The maximum absolute atomic E-state index is 12.1. The maximum atomic E-state index is 12.1. The van der Waals surface area contributed by atoms with E-state index in [2.05, 4.69) is 6.92 Å². The summed E-state index contributed by atoms with van der Waals surface area (Å²) in [6.07, 6.45) is 6.62. The van der Waals surface area contributed by atoms with Gasteiger partial charge in [-0.15, -0.1) is 0 Å². The quantitative estimate of drug-likeness (QED) is 0.125. The van der Waals surface area contributed by atoms with E-state index in [0.717, 1.165) is 41.9 Å². The van der Waals surface area contributed by atoms with Crippen LogP contribution in [0.2, 0.25) is 0 Å². The SMILES string of the molecule is CCC(CO)Cc1ccco1.CCC(COS(=O)(=O)c1ccc(C)cc1)Cc1ccco1.Cc1ccc(S(=O)(=O)Cl)cc1. The van der Waals surface area contributed by atoms with E-state index in [0.29, 0.717) is 12.3 Å². The predicted octanol–water partition coefficient (Wildman–Crippen LogP) is 7.33. The molecule has 0 bridgehead atoms. The molecular formula is C32H41ClO8S2. The van der Waals surface area contributed by atoms with Gasteiger partial charge >= 0.3 is 0 Å². The summed E-state index contributed by atoms with van der Waals surface area (Å²) in [4.78, 5) is 0.339. The molecule has 2 heterocycles. The van der Waals surface area contributed by atoms with E-state index in [-0.39, 0.29) is 28.9 Å². The van der Waals surface area contributed by atoms with Crippen LogP contribution in [0.3, 0.4) is 0 Å². The number of benzene rings is 2. The van der Waals surface area contributed by atoms with E-state index in [1.165, 1.54) is 12.1 Å². The molecule has 0 aliphatic heterocycles. The first-order valence-corrected chi connectivity index (χ1v) is 17.7. The lowest BCUT2D eigenvalue weighted by Gasteiger charge is -2.13. The highest BCUT2D eigenvalue weighted by Crippen LogP contribution is 2.18. The van der Waals surface area contributed by atoms with Crippen LogP contribution >= 0.6 is 10.7 Å². The smallest absolute Gasteiger partial charge is 0.296 e. The summed E-state index contributed by atoms with van der Waals surface area (Å²) in [5.74, 6) is 2.27. The Hall–Kier alpha value is -2.89. The molecule has 0 saturated heterocycles. The van der Waals surface area contributed by atoms with Gasteiger partial charge in [0.1, 0.15) is 11.5 Å². The van der Waals surface area contributed by atoms with Crippen molar-refractivity contribution in [3.8, 4) is 0 Å². The van der Waals surface area contributed by atoms with Gasteiger partial charge in [-0.05, 0) is 74.2 Å². The summed E-state index contributed by atoms with van der Waals surface area (Å²) in [7, 11) is -2.16. The van der Waals surface area contributed by atoms with Crippen molar-refractivity contribution < 1.29 is 35.0 Å². The van der Waals surface area contributed by atoms with E-state index in [1.807, 2.05) is 45.0 Å². The molecule has 2 atom stereocenters. The normalized spacial score (nSPS) is 12.8. The Kier molecular flexibility index (Phi) is 15.2. The Bertz CT molecular complexity index is 1510. The van der Waals surface area contributed by atoms with Gasteiger partial charge < -0.3 is 13.9 Å². The second-order valence-corrected chi connectivity index (χ2v) is 14.3. The Balaban J connectivity index is 0.000000247. The molecule has 0 saturated carbocycles. The third-order valence-electron chi connectivity index (χ3n) is 6.62. The Morgan fingerprint density at radius 3 is 1.53 bits per heavy atom. The van der Waals surface area contributed by atoms with Crippen LogP contribution in [-0.2, 0) is 36.2 Å². The van der Waals surface area contributed by atoms with E-state index in [9.17, 15) is 16.8 Å². The monoisotopic (exact) mass is 652 g/mol. The van der Waals surface area contributed by atoms with Crippen LogP contribution in [0.25, 0.3) is 0 Å². The van der Waals surface area contributed by atoms with Crippen molar-refractivity contribution in [1.29, 1.82) is 0 Å². The second kappa shape index (κ2) is 18.0. The van der Waals surface area contributed by atoms with Crippen LogP contribution in [0.4, 0.5) is 0 Å². The lowest BCUT2D eigenvalue weighted by atomic mass is 10.0. The van der Waals surface area contributed by atoms with Crippen LogP contribution in [-0.4, -0.2) is 35.2 Å². The molecule has 0 aliphatic rings. The molecule has 11 heteroatoms. The molecule has 4 rings (SSSR count). The Labute approximate surface area is 260 Å². The first-order valence-electron chi connectivity index (χ1n) is 14.0. The molecule has 2 unspecified atom stereocenters. The van der Waals surface area contributed by atoms with Crippen molar-refractivity contribution in [2.45, 2.75) is 63.2 Å². The number of hydrogen-bond acceptors (Lipinski definition) is 8. The second-order valence-electron chi connectivity index (χ2n) is 10.1. The number of rotatable bonds is 12. The minimum Gasteiger partial charge on any atom is -0.469 e. The number of aryl methyl sites for hydroxylation is 2. The summed E-state index contributed by atoms with van der Waals surface area (Å²) < 4.78 is 61.3. The van der Waals surface area contributed by atoms with Gasteiger partial charge in [0.25, 0.3) is 19.2 Å². The molecule has 2 aromatic carbocycles. The van der Waals surface area contributed by atoms with Crippen LogP contribution in [0.1, 0.15) is 49.3 Å². The molecule has 0 aliphatic carbocycles. The van der Waals surface area contributed by atoms with Crippen LogP contribution in [0, 0.1) is 25.7 Å². The fourth-order valence-electron chi connectivity index (χ4n) is 3.75. The molecule has 8 nitrogen and oxygen atoms in total. The molecule has 43 heavy (non-hydrogen) atoms. The molecule has 0 spiro atoms. The zero-order chi connectivity index (χ0) is 31.9. The number of aliphatic hydroxyl groups excluding tert-OH is 1. The van der Waals surface area contributed by atoms with Gasteiger partial charge in [0.05, 0.1) is 28.9 Å². The average Bonchev–Trinajstić information content (AvgIpc) is 3.69. The van der Waals surface area contributed by atoms with Gasteiger partial charge in [0.15, 0.2) is 0 Å². The van der Waals surface area contributed by atoms with Crippen molar-refractivity contribution in [3.05, 3.63) is 108 Å². The lowest BCUT2D eigenvalue weighted by molar-refractivity contribution is 0.216. The average molecular weight is 653 g/mol. The van der Waals surface area contributed by atoms with E-state index >= 15 is 0 Å². The van der Waals surface area contributed by atoms with Gasteiger partial charge in [-0.2, -0.15) is 8.42 Å². The fourth-order valence-corrected chi connectivity index (χ4v) is 5.49. The van der Waals surface area contributed by atoms with E-state index in [4.69, 9.17) is 28.8 Å². The topological polar surface area (TPSA) is 124 Å². The van der Waals surface area contributed by atoms with Gasteiger partial charge in [0.2, 0.25) is 0 Å². The van der Waals surface area contributed by atoms with Gasteiger partial charge in [0, 0.05) is 30.1 Å². The minimum absolute atomic E-state index is 0.108. The highest BCUT2D eigenvalue weighted by Gasteiger charge is 2.18. The van der Waals surface area contributed by atoms with E-state index < -0.39 is 19.2 Å². The highest BCUT2D eigenvalue weighted by atomic mass is 35.7. The molecule has 0 radical (unpaired) electrons. The maximum Gasteiger partial charge on any atom is 0.296 e. The highest BCUT2D eigenvalue weighted by molar-refractivity contribution is 8.13. The van der Waals surface area contributed by atoms with Crippen molar-refractivity contribution in [1.82, 2.24) is 0 Å². The first kappa shape index (κ1) is 36.3. The number of furan rings is 2. The molecule has 1 N–H and O–H groups in total. The third-order valence-corrected chi connectivity index (χ3v) is 9.29. The molecular weight excluding hydrogens is 612 g/mol. The van der Waals surface area contributed by atoms with Crippen molar-refractivity contribution in [2.24, 2.45) is 11.8 Å².